The molecule has 132 valence electrons. The molecule has 1 heterocycles. The molecule has 1 saturated heterocycles. The molecule has 0 aromatic rings. The number of hydrogen-bond acceptors (Lipinski definition) is 4. The zero-order chi connectivity index (χ0) is 17.2. The second-order valence-electron chi connectivity index (χ2n) is 8.60. The largest absolute Gasteiger partial charge is 0.335 e. The molecule has 0 radical (unpaired) electrons. The van der Waals surface area contributed by atoms with Crippen LogP contribution >= 0.6 is 0 Å². The number of rotatable bonds is 4. The van der Waals surface area contributed by atoms with Gasteiger partial charge in [0.05, 0.1) is 6.67 Å². The number of imide groups is 2. The van der Waals surface area contributed by atoms with Crippen molar-refractivity contribution in [2.24, 2.45) is 23.7 Å². The maximum Gasteiger partial charge on any atom is 0.335 e. The van der Waals surface area contributed by atoms with Gasteiger partial charge in [-0.1, -0.05) is 0 Å². The first kappa shape index (κ1) is 16.1. The summed E-state index contributed by atoms with van der Waals surface area (Å²) in [7, 11) is 2.01. The molecule has 4 aliphatic carbocycles. The fraction of sp³-hybridized carbons (Fsp3) is 0.833. The van der Waals surface area contributed by atoms with Crippen molar-refractivity contribution < 1.29 is 14.4 Å². The standard InChI is InChI=1S/C18H27N3O3/c1-10(2)21-17(23)16(22)20(18(21)24)9-19(3)15-13-5-11-4-12(7-13)8-14(15)6-11/h10-15H,4-9H2,1-3H3. The van der Waals surface area contributed by atoms with Crippen LogP contribution in [0, 0.1) is 23.7 Å². The number of urea groups is 1. The summed E-state index contributed by atoms with van der Waals surface area (Å²) < 4.78 is 0. The molecule has 5 rings (SSSR count). The summed E-state index contributed by atoms with van der Waals surface area (Å²) in [5, 5.41) is 0. The molecule has 6 heteroatoms. The van der Waals surface area contributed by atoms with Gasteiger partial charge < -0.3 is 0 Å². The Kier molecular flexibility index (Phi) is 3.71. The van der Waals surface area contributed by atoms with Gasteiger partial charge in [-0.15, -0.1) is 0 Å². The minimum atomic E-state index is -0.687. The molecule has 1 aliphatic heterocycles. The fourth-order valence-corrected chi connectivity index (χ4v) is 6.04. The third-order valence-corrected chi connectivity index (χ3v) is 6.65. The van der Waals surface area contributed by atoms with E-state index < -0.39 is 17.8 Å². The van der Waals surface area contributed by atoms with Crippen LogP contribution < -0.4 is 0 Å². The van der Waals surface area contributed by atoms with Crippen LogP contribution in [0.15, 0.2) is 0 Å². The number of nitrogens with zero attached hydrogens (tertiary/aromatic N) is 3. The Morgan fingerprint density at radius 1 is 0.958 bits per heavy atom. The monoisotopic (exact) mass is 333 g/mol. The summed E-state index contributed by atoms with van der Waals surface area (Å²) in [4.78, 5) is 41.2. The van der Waals surface area contributed by atoms with Crippen LogP contribution in [-0.2, 0) is 9.59 Å². The normalized spacial score (nSPS) is 38.4. The lowest BCUT2D eigenvalue weighted by molar-refractivity contribution is -0.145. The lowest BCUT2D eigenvalue weighted by Crippen LogP contribution is -2.57. The van der Waals surface area contributed by atoms with E-state index in [-0.39, 0.29) is 12.7 Å². The quantitative estimate of drug-likeness (QED) is 0.582. The molecule has 4 saturated carbocycles. The van der Waals surface area contributed by atoms with Gasteiger partial charge in [-0.25, -0.2) is 9.69 Å². The summed E-state index contributed by atoms with van der Waals surface area (Å²) in [6.07, 6.45) is 6.58. The van der Waals surface area contributed by atoms with Gasteiger partial charge in [0, 0.05) is 12.1 Å². The molecule has 0 aromatic carbocycles. The van der Waals surface area contributed by atoms with Crippen LogP contribution in [0.4, 0.5) is 4.79 Å². The molecule has 0 unspecified atom stereocenters. The third-order valence-electron chi connectivity index (χ3n) is 6.65. The van der Waals surface area contributed by atoms with Gasteiger partial charge in [0.1, 0.15) is 0 Å². The Hall–Kier alpha value is -1.43. The highest BCUT2D eigenvalue weighted by molar-refractivity contribution is 6.44. The second kappa shape index (κ2) is 5.55. The van der Waals surface area contributed by atoms with Gasteiger partial charge in [-0.05, 0) is 76.7 Å². The first-order valence-corrected chi connectivity index (χ1v) is 9.26. The van der Waals surface area contributed by atoms with Gasteiger partial charge in [0.2, 0.25) is 0 Å². The molecule has 0 aromatic heterocycles. The van der Waals surface area contributed by atoms with E-state index in [2.05, 4.69) is 4.90 Å². The van der Waals surface area contributed by atoms with E-state index in [4.69, 9.17) is 0 Å². The summed E-state index contributed by atoms with van der Waals surface area (Å²) in [5.41, 5.74) is 0. The van der Waals surface area contributed by atoms with Crippen molar-refractivity contribution in [3.05, 3.63) is 0 Å². The predicted octanol–water partition coefficient (Wildman–Crippen LogP) is 1.90. The Balaban J connectivity index is 1.48. The van der Waals surface area contributed by atoms with Crippen LogP contribution in [0.5, 0.6) is 0 Å². The van der Waals surface area contributed by atoms with Gasteiger partial charge in [-0.3, -0.25) is 19.4 Å². The average molecular weight is 333 g/mol. The second-order valence-corrected chi connectivity index (χ2v) is 8.60. The van der Waals surface area contributed by atoms with Crippen molar-refractivity contribution in [2.75, 3.05) is 13.7 Å². The van der Waals surface area contributed by atoms with Crippen molar-refractivity contribution >= 4 is 17.8 Å². The summed E-state index contributed by atoms with van der Waals surface area (Å²) in [6, 6.07) is -0.303. The number of hydrogen-bond donors (Lipinski definition) is 0. The van der Waals surface area contributed by atoms with E-state index in [1.165, 1.54) is 32.1 Å². The Morgan fingerprint density at radius 2 is 1.50 bits per heavy atom. The topological polar surface area (TPSA) is 60.9 Å². The zero-order valence-electron chi connectivity index (χ0n) is 14.8. The van der Waals surface area contributed by atoms with E-state index >= 15 is 0 Å². The molecule has 24 heavy (non-hydrogen) atoms. The van der Waals surface area contributed by atoms with E-state index in [1.807, 2.05) is 7.05 Å². The molecule has 0 spiro atoms. The molecule has 6 nitrogen and oxygen atoms in total. The molecule has 4 bridgehead atoms. The Morgan fingerprint density at radius 3 is 1.96 bits per heavy atom. The minimum Gasteiger partial charge on any atom is -0.285 e. The Bertz CT molecular complexity index is 560. The molecular formula is C18H27N3O3. The highest BCUT2D eigenvalue weighted by Gasteiger charge is 2.51. The SMILES string of the molecule is CC(C)N1C(=O)C(=O)N(CN(C)C2C3CC4CC(C3)CC2C4)C1=O. The Labute approximate surface area is 143 Å². The third kappa shape index (κ3) is 2.30. The molecule has 5 fully saturated rings. The highest BCUT2D eigenvalue weighted by atomic mass is 16.2. The number of carbonyl (C=O) groups excluding carboxylic acids is 3. The van der Waals surface area contributed by atoms with Crippen LogP contribution in [0.1, 0.15) is 46.0 Å². The lowest BCUT2D eigenvalue weighted by Gasteiger charge is -2.56. The van der Waals surface area contributed by atoms with E-state index in [0.717, 1.165) is 21.6 Å². The van der Waals surface area contributed by atoms with Gasteiger partial charge in [-0.2, -0.15) is 0 Å². The van der Waals surface area contributed by atoms with Gasteiger partial charge >= 0.3 is 17.8 Å². The van der Waals surface area contributed by atoms with Crippen molar-refractivity contribution in [3.8, 4) is 0 Å². The van der Waals surface area contributed by atoms with Crippen molar-refractivity contribution in [2.45, 2.75) is 58.0 Å². The molecule has 5 aliphatic rings. The van der Waals surface area contributed by atoms with E-state index in [9.17, 15) is 14.4 Å². The van der Waals surface area contributed by atoms with Crippen molar-refractivity contribution in [1.82, 2.24) is 14.7 Å². The summed E-state index contributed by atoms with van der Waals surface area (Å²) in [6.45, 7) is 3.75. The summed E-state index contributed by atoms with van der Waals surface area (Å²) >= 11 is 0. The first-order chi connectivity index (χ1) is 11.4. The average Bonchev–Trinajstić information content (AvgIpc) is 2.70. The lowest BCUT2D eigenvalue weighted by atomic mass is 9.54. The predicted molar refractivity (Wildman–Crippen MR) is 87.7 cm³/mol. The molecule has 4 amide bonds. The minimum absolute atomic E-state index is 0.236. The van der Waals surface area contributed by atoms with E-state index in [1.54, 1.807) is 13.8 Å². The molecule has 0 atom stereocenters. The first-order valence-electron chi connectivity index (χ1n) is 9.26. The maximum atomic E-state index is 12.5. The van der Waals surface area contributed by atoms with Gasteiger partial charge in [0.25, 0.3) is 0 Å². The van der Waals surface area contributed by atoms with Crippen LogP contribution in [-0.4, -0.2) is 58.3 Å². The molecular weight excluding hydrogens is 306 g/mol. The smallest absolute Gasteiger partial charge is 0.285 e. The van der Waals surface area contributed by atoms with Gasteiger partial charge in [0.15, 0.2) is 0 Å². The fourth-order valence-electron chi connectivity index (χ4n) is 6.04. The highest BCUT2D eigenvalue weighted by Crippen LogP contribution is 2.54. The van der Waals surface area contributed by atoms with Crippen molar-refractivity contribution in [1.29, 1.82) is 0 Å². The number of carbonyl (C=O) groups is 3. The van der Waals surface area contributed by atoms with E-state index in [0.29, 0.717) is 17.9 Å². The summed E-state index contributed by atoms with van der Waals surface area (Å²) in [5.74, 6) is 1.81. The van der Waals surface area contributed by atoms with Crippen LogP contribution in [0.3, 0.4) is 0 Å². The molecule has 0 N–H and O–H groups in total. The van der Waals surface area contributed by atoms with Crippen molar-refractivity contribution in [3.63, 3.8) is 0 Å². The van der Waals surface area contributed by atoms with Crippen LogP contribution in [0.2, 0.25) is 0 Å². The van der Waals surface area contributed by atoms with Crippen LogP contribution in [0.25, 0.3) is 0 Å². The number of amides is 4. The maximum absolute atomic E-state index is 12.5. The zero-order valence-corrected chi connectivity index (χ0v) is 14.8.